The van der Waals surface area contributed by atoms with Crippen molar-refractivity contribution in [3.05, 3.63) is 23.5 Å². The van der Waals surface area contributed by atoms with Gasteiger partial charge in [0.15, 0.2) is 5.15 Å². The highest BCUT2D eigenvalue weighted by Gasteiger charge is 2.14. The van der Waals surface area contributed by atoms with Crippen LogP contribution in [0.25, 0.3) is 0 Å². The summed E-state index contributed by atoms with van der Waals surface area (Å²) in [7, 11) is 0. The fraction of sp³-hybridized carbons (Fsp3) is 0.417. The van der Waals surface area contributed by atoms with Crippen molar-refractivity contribution in [2.45, 2.75) is 19.3 Å². The van der Waals surface area contributed by atoms with Crippen LogP contribution in [0.2, 0.25) is 5.15 Å². The average molecular weight is 286 g/mol. The van der Waals surface area contributed by atoms with E-state index in [4.69, 9.17) is 16.7 Å². The maximum absolute atomic E-state index is 11.5. The molecule has 0 fully saturated rings. The molecule has 0 aliphatic rings. The van der Waals surface area contributed by atoms with Crippen molar-refractivity contribution in [2.75, 3.05) is 18.5 Å². The number of aliphatic hydroxyl groups excluding tert-OH is 1. The lowest BCUT2D eigenvalue weighted by Crippen LogP contribution is -2.36. The maximum Gasteiger partial charge on any atom is 0.313 e. The van der Waals surface area contributed by atoms with Crippen molar-refractivity contribution in [1.29, 1.82) is 0 Å². The Balaban J connectivity index is 2.33. The number of carbonyl (C=O) groups excluding carboxylic acids is 2. The van der Waals surface area contributed by atoms with Crippen LogP contribution in [-0.4, -0.2) is 35.1 Å². The second kappa shape index (κ2) is 8.44. The van der Waals surface area contributed by atoms with Gasteiger partial charge in [-0.1, -0.05) is 11.6 Å². The van der Waals surface area contributed by atoms with Crippen LogP contribution >= 0.6 is 11.6 Å². The molecule has 0 radical (unpaired) electrons. The topological polar surface area (TPSA) is 91.3 Å². The summed E-state index contributed by atoms with van der Waals surface area (Å²) in [5.74, 6) is -1.50. The Hall–Kier alpha value is -1.66. The molecular formula is C12H16ClN3O3. The fourth-order valence-electron chi connectivity index (χ4n) is 1.35. The molecule has 1 rings (SSSR count). The van der Waals surface area contributed by atoms with Crippen LogP contribution in [0.5, 0.6) is 0 Å². The molecule has 0 saturated carbocycles. The molecule has 0 spiro atoms. The summed E-state index contributed by atoms with van der Waals surface area (Å²) in [6.45, 7) is 0.529. The number of halogens is 1. The van der Waals surface area contributed by atoms with Crippen molar-refractivity contribution in [3.63, 3.8) is 0 Å². The third-order valence-corrected chi connectivity index (χ3v) is 2.64. The lowest BCUT2D eigenvalue weighted by atomic mass is 10.2. The van der Waals surface area contributed by atoms with Crippen LogP contribution in [0.15, 0.2) is 18.3 Å². The number of amides is 2. The Labute approximate surface area is 116 Å². The molecule has 6 nitrogen and oxygen atoms in total. The zero-order valence-electron chi connectivity index (χ0n) is 10.4. The van der Waals surface area contributed by atoms with Gasteiger partial charge in [-0.05, 0) is 31.4 Å². The minimum Gasteiger partial charge on any atom is -0.396 e. The summed E-state index contributed by atoms with van der Waals surface area (Å²) in [5.41, 5.74) is 0.296. The van der Waals surface area contributed by atoms with E-state index in [1.807, 2.05) is 0 Å². The van der Waals surface area contributed by atoms with E-state index < -0.39 is 11.8 Å². The van der Waals surface area contributed by atoms with Gasteiger partial charge in [0.05, 0.1) is 5.69 Å². The smallest absolute Gasteiger partial charge is 0.313 e. The van der Waals surface area contributed by atoms with Crippen molar-refractivity contribution in [1.82, 2.24) is 10.3 Å². The van der Waals surface area contributed by atoms with Gasteiger partial charge < -0.3 is 15.7 Å². The Bertz CT molecular complexity index is 440. The minimum atomic E-state index is -0.781. The van der Waals surface area contributed by atoms with Gasteiger partial charge in [-0.15, -0.1) is 0 Å². The fourth-order valence-corrected chi connectivity index (χ4v) is 1.52. The lowest BCUT2D eigenvalue weighted by Gasteiger charge is -2.07. The zero-order chi connectivity index (χ0) is 14.1. The Morgan fingerprint density at radius 2 is 2.05 bits per heavy atom. The van der Waals surface area contributed by atoms with Gasteiger partial charge in [0.25, 0.3) is 0 Å². The minimum absolute atomic E-state index is 0.131. The van der Waals surface area contributed by atoms with Crippen molar-refractivity contribution in [3.8, 4) is 0 Å². The summed E-state index contributed by atoms with van der Waals surface area (Å²) >= 11 is 5.75. The predicted molar refractivity (Wildman–Crippen MR) is 71.8 cm³/mol. The third kappa shape index (κ3) is 5.67. The quantitative estimate of drug-likeness (QED) is 0.412. The van der Waals surface area contributed by atoms with Gasteiger partial charge in [0, 0.05) is 19.3 Å². The molecule has 2 amide bonds. The molecule has 1 aromatic rings. The van der Waals surface area contributed by atoms with E-state index in [1.54, 1.807) is 12.1 Å². The van der Waals surface area contributed by atoms with Crippen LogP contribution in [0.1, 0.15) is 19.3 Å². The SMILES string of the molecule is O=C(NCCCCCO)C(=O)Nc1cccnc1Cl. The normalized spacial score (nSPS) is 10.0. The standard InChI is InChI=1S/C12H16ClN3O3/c13-10-9(5-4-7-14-10)16-12(19)11(18)15-6-2-1-3-8-17/h4-5,7,17H,1-3,6,8H2,(H,15,18)(H,16,19). The first-order valence-corrected chi connectivity index (χ1v) is 6.33. The number of carbonyl (C=O) groups is 2. The molecule has 7 heteroatoms. The molecule has 0 bridgehead atoms. The maximum atomic E-state index is 11.5. The molecule has 0 unspecified atom stereocenters. The molecule has 3 N–H and O–H groups in total. The third-order valence-electron chi connectivity index (χ3n) is 2.33. The molecule has 0 saturated heterocycles. The summed E-state index contributed by atoms with van der Waals surface area (Å²) in [5, 5.41) is 13.6. The predicted octanol–water partition coefficient (Wildman–Crippen LogP) is 0.952. The van der Waals surface area contributed by atoms with Crippen LogP contribution in [0.4, 0.5) is 5.69 Å². The molecule has 19 heavy (non-hydrogen) atoms. The molecule has 0 aliphatic heterocycles. The van der Waals surface area contributed by atoms with Gasteiger partial charge in [-0.3, -0.25) is 9.59 Å². The van der Waals surface area contributed by atoms with Crippen LogP contribution in [0, 0.1) is 0 Å². The van der Waals surface area contributed by atoms with E-state index in [2.05, 4.69) is 15.6 Å². The monoisotopic (exact) mass is 285 g/mol. The average Bonchev–Trinajstić information content (AvgIpc) is 2.41. The van der Waals surface area contributed by atoms with E-state index in [-0.39, 0.29) is 11.8 Å². The molecule has 1 aromatic heterocycles. The second-order valence-corrected chi connectivity index (χ2v) is 4.19. The number of anilines is 1. The van der Waals surface area contributed by atoms with Gasteiger partial charge in [0.1, 0.15) is 0 Å². The number of hydrogen-bond donors (Lipinski definition) is 3. The second-order valence-electron chi connectivity index (χ2n) is 3.84. The highest BCUT2D eigenvalue weighted by Crippen LogP contribution is 2.16. The molecule has 0 aromatic carbocycles. The van der Waals surface area contributed by atoms with E-state index >= 15 is 0 Å². The Morgan fingerprint density at radius 1 is 1.26 bits per heavy atom. The number of aromatic nitrogens is 1. The molecule has 0 aliphatic carbocycles. The lowest BCUT2D eigenvalue weighted by molar-refractivity contribution is -0.136. The number of nitrogens with one attached hydrogen (secondary N) is 2. The number of rotatable bonds is 6. The zero-order valence-corrected chi connectivity index (χ0v) is 11.1. The van der Waals surface area contributed by atoms with Crippen molar-refractivity contribution >= 4 is 29.1 Å². The van der Waals surface area contributed by atoms with Crippen LogP contribution in [0.3, 0.4) is 0 Å². The summed E-state index contributed by atoms with van der Waals surface area (Å²) in [6.07, 6.45) is 3.69. The van der Waals surface area contributed by atoms with Gasteiger partial charge in [0.2, 0.25) is 0 Å². The highest BCUT2D eigenvalue weighted by molar-refractivity contribution is 6.41. The molecular weight excluding hydrogens is 270 g/mol. The largest absolute Gasteiger partial charge is 0.396 e. The van der Waals surface area contributed by atoms with E-state index in [1.165, 1.54) is 6.20 Å². The van der Waals surface area contributed by atoms with E-state index in [9.17, 15) is 9.59 Å². The van der Waals surface area contributed by atoms with Crippen molar-refractivity contribution < 1.29 is 14.7 Å². The first-order valence-electron chi connectivity index (χ1n) is 5.95. The van der Waals surface area contributed by atoms with Crippen LogP contribution in [-0.2, 0) is 9.59 Å². The van der Waals surface area contributed by atoms with Crippen molar-refractivity contribution in [2.24, 2.45) is 0 Å². The number of hydrogen-bond acceptors (Lipinski definition) is 4. The van der Waals surface area contributed by atoms with Gasteiger partial charge in [-0.2, -0.15) is 0 Å². The van der Waals surface area contributed by atoms with E-state index in [0.717, 1.165) is 6.42 Å². The molecule has 104 valence electrons. The van der Waals surface area contributed by atoms with Gasteiger partial charge >= 0.3 is 11.8 Å². The first kappa shape index (κ1) is 15.4. The Kier molecular flexibility index (Phi) is 6.84. The molecule has 1 heterocycles. The van der Waals surface area contributed by atoms with Crippen LogP contribution < -0.4 is 10.6 Å². The summed E-state index contributed by atoms with van der Waals surface area (Å²) in [6, 6.07) is 3.16. The van der Waals surface area contributed by atoms with Gasteiger partial charge in [-0.25, -0.2) is 4.98 Å². The Morgan fingerprint density at radius 3 is 2.74 bits per heavy atom. The molecule has 0 atom stereocenters. The number of aliphatic hydroxyl groups is 1. The first-order chi connectivity index (χ1) is 9.15. The van der Waals surface area contributed by atoms with E-state index in [0.29, 0.717) is 25.1 Å². The number of unbranched alkanes of at least 4 members (excludes halogenated alkanes) is 2. The number of nitrogens with zero attached hydrogens (tertiary/aromatic N) is 1. The summed E-state index contributed by atoms with van der Waals surface area (Å²) < 4.78 is 0. The number of pyridine rings is 1. The highest BCUT2D eigenvalue weighted by atomic mass is 35.5. The summed E-state index contributed by atoms with van der Waals surface area (Å²) in [4.78, 5) is 26.8.